The molecule has 3 rings (SSSR count). The van der Waals surface area contributed by atoms with Crippen molar-refractivity contribution in [3.05, 3.63) is 80.1 Å². The second-order valence-corrected chi connectivity index (χ2v) is 8.08. The fraction of sp³-hybridized carbons (Fsp3) is 0.304. The van der Waals surface area contributed by atoms with Gasteiger partial charge in [-0.3, -0.25) is 9.36 Å². The van der Waals surface area contributed by atoms with Crippen LogP contribution in [0.1, 0.15) is 25.8 Å². The van der Waals surface area contributed by atoms with Gasteiger partial charge >= 0.3 is 17.6 Å². The van der Waals surface area contributed by atoms with E-state index in [1.165, 1.54) is 28.8 Å². The van der Waals surface area contributed by atoms with Gasteiger partial charge in [0, 0.05) is 17.1 Å². The van der Waals surface area contributed by atoms with Gasteiger partial charge in [0.25, 0.3) is 0 Å². The molecular formula is C23H22ClF3N4O4. The number of nitrogens with one attached hydrogen (secondary N) is 1. The third-order valence-corrected chi connectivity index (χ3v) is 5.27. The van der Waals surface area contributed by atoms with Gasteiger partial charge in [0.15, 0.2) is 11.9 Å². The molecule has 0 aliphatic rings. The summed E-state index contributed by atoms with van der Waals surface area (Å²) in [6.07, 6.45) is -6.36. The molecule has 1 heterocycles. The number of aromatic nitrogens is 3. The van der Waals surface area contributed by atoms with Crippen molar-refractivity contribution in [1.82, 2.24) is 14.1 Å². The molecule has 8 nitrogen and oxygen atoms in total. The van der Waals surface area contributed by atoms with E-state index in [-0.39, 0.29) is 30.4 Å². The van der Waals surface area contributed by atoms with Crippen molar-refractivity contribution in [2.75, 3.05) is 5.32 Å². The first-order valence-corrected chi connectivity index (χ1v) is 10.9. The molecule has 12 heteroatoms. The molecule has 0 unspecified atom stereocenters. The van der Waals surface area contributed by atoms with E-state index in [0.717, 1.165) is 11.5 Å². The molecule has 0 amide bonds. The molecule has 1 N–H and O–H groups in total. The van der Waals surface area contributed by atoms with E-state index in [0.29, 0.717) is 16.3 Å². The zero-order chi connectivity index (χ0) is 25.8. The van der Waals surface area contributed by atoms with Gasteiger partial charge < -0.3 is 10.1 Å². The number of rotatable bonds is 9. The van der Waals surface area contributed by atoms with Crippen molar-refractivity contribution < 1.29 is 22.7 Å². The highest BCUT2D eigenvalue weighted by Crippen LogP contribution is 2.26. The third kappa shape index (κ3) is 6.72. The van der Waals surface area contributed by atoms with Gasteiger partial charge in [-0.2, -0.15) is 18.2 Å². The second-order valence-electron chi connectivity index (χ2n) is 7.64. The number of nitrogens with zero attached hydrogens (tertiary/aromatic N) is 3. The van der Waals surface area contributed by atoms with Gasteiger partial charge in [0.2, 0.25) is 5.95 Å². The average molecular weight is 511 g/mol. The summed E-state index contributed by atoms with van der Waals surface area (Å²) in [5.41, 5.74) is -0.636. The molecule has 186 valence electrons. The van der Waals surface area contributed by atoms with Crippen LogP contribution < -0.4 is 21.4 Å². The summed E-state index contributed by atoms with van der Waals surface area (Å²) in [5, 5.41) is 3.34. The topological polar surface area (TPSA) is 95.2 Å². The molecule has 1 aromatic heterocycles. The highest BCUT2D eigenvalue weighted by molar-refractivity contribution is 6.30. The van der Waals surface area contributed by atoms with Crippen LogP contribution in [-0.4, -0.2) is 32.2 Å². The molecular weight excluding hydrogens is 489 g/mol. The smallest absolute Gasteiger partial charge is 0.425 e. The van der Waals surface area contributed by atoms with E-state index in [1.54, 1.807) is 31.2 Å². The maximum atomic E-state index is 13.1. The van der Waals surface area contributed by atoms with Gasteiger partial charge in [-0.1, -0.05) is 30.7 Å². The van der Waals surface area contributed by atoms with Crippen molar-refractivity contribution in [3.8, 4) is 5.75 Å². The number of carbonyl (C=O) groups is 1. The summed E-state index contributed by atoms with van der Waals surface area (Å²) in [6, 6.07) is 12.1. The molecule has 35 heavy (non-hydrogen) atoms. The number of hydrogen-bond acceptors (Lipinski definition) is 6. The Morgan fingerprint density at radius 2 is 1.71 bits per heavy atom. The number of benzene rings is 2. The Labute approximate surface area is 202 Å². The number of ketones is 1. The molecule has 0 saturated carbocycles. The standard InChI is InChI=1S/C23H22ClF3N4O4/c1-3-18(32)13-31-21(33)29-20(30(22(31)34)12-15-4-6-16(24)7-5-15)28-17-8-10-19(11-9-17)35-14(2)23(25,26)27/h4-11,14H,3,12-13H2,1-2H3,(H,28,29,33)/t14-/m1/s1. The van der Waals surface area contributed by atoms with Crippen LogP contribution in [-0.2, 0) is 17.9 Å². The summed E-state index contributed by atoms with van der Waals surface area (Å²) in [7, 11) is 0. The first-order chi connectivity index (χ1) is 16.5. The summed E-state index contributed by atoms with van der Waals surface area (Å²) in [6.45, 7) is 2.11. The third-order valence-electron chi connectivity index (χ3n) is 5.02. The van der Waals surface area contributed by atoms with Crippen molar-refractivity contribution in [3.63, 3.8) is 0 Å². The molecule has 0 aliphatic heterocycles. The van der Waals surface area contributed by atoms with Crippen LogP contribution in [0.5, 0.6) is 5.75 Å². The first kappa shape index (κ1) is 26.0. The lowest BCUT2D eigenvalue weighted by atomic mass is 10.2. The summed E-state index contributed by atoms with van der Waals surface area (Å²) in [5.74, 6) is -0.429. The minimum Gasteiger partial charge on any atom is -0.481 e. The Hall–Kier alpha value is -3.60. The maximum Gasteiger partial charge on any atom is 0.425 e. The van der Waals surface area contributed by atoms with Crippen LogP contribution >= 0.6 is 11.6 Å². The van der Waals surface area contributed by atoms with Crippen LogP contribution in [0.25, 0.3) is 0 Å². The number of alkyl halides is 3. The van der Waals surface area contributed by atoms with Crippen LogP contribution in [0.4, 0.5) is 24.8 Å². The molecule has 0 radical (unpaired) electrons. The lowest BCUT2D eigenvalue weighted by Gasteiger charge is -2.18. The number of halogens is 4. The second kappa shape index (κ2) is 10.8. The maximum absolute atomic E-state index is 13.1. The Morgan fingerprint density at radius 3 is 2.29 bits per heavy atom. The Balaban J connectivity index is 1.95. The molecule has 2 aromatic carbocycles. The van der Waals surface area contributed by atoms with E-state index >= 15 is 0 Å². The minimum atomic E-state index is -4.51. The van der Waals surface area contributed by atoms with E-state index in [1.807, 2.05) is 0 Å². The lowest BCUT2D eigenvalue weighted by Crippen LogP contribution is -2.44. The molecule has 0 spiro atoms. The van der Waals surface area contributed by atoms with E-state index in [2.05, 4.69) is 10.3 Å². The lowest BCUT2D eigenvalue weighted by molar-refractivity contribution is -0.189. The van der Waals surface area contributed by atoms with Gasteiger partial charge in [-0.15, -0.1) is 0 Å². The summed E-state index contributed by atoms with van der Waals surface area (Å²) >= 11 is 5.92. The SMILES string of the molecule is CCC(=O)Cn1c(=O)nc(Nc2ccc(O[C@H](C)C(F)(F)F)cc2)n(Cc2ccc(Cl)cc2)c1=O. The molecule has 1 atom stereocenters. The van der Waals surface area contributed by atoms with E-state index < -0.39 is 30.2 Å². The zero-order valence-electron chi connectivity index (χ0n) is 18.8. The molecule has 3 aromatic rings. The van der Waals surface area contributed by atoms with Crippen molar-refractivity contribution >= 4 is 29.0 Å². The van der Waals surface area contributed by atoms with Gasteiger partial charge in [0.1, 0.15) is 5.75 Å². The normalized spacial score (nSPS) is 12.3. The highest BCUT2D eigenvalue weighted by atomic mass is 35.5. The van der Waals surface area contributed by atoms with Crippen molar-refractivity contribution in [2.45, 2.75) is 45.6 Å². The Bertz CT molecular complexity index is 1300. The number of hydrogen-bond donors (Lipinski definition) is 1. The quantitative estimate of drug-likeness (QED) is 0.464. The molecule has 0 fully saturated rings. The van der Waals surface area contributed by atoms with Gasteiger partial charge in [0.05, 0.1) is 13.1 Å². The average Bonchev–Trinajstić information content (AvgIpc) is 2.80. The Kier molecular flexibility index (Phi) is 8.00. The van der Waals surface area contributed by atoms with E-state index in [4.69, 9.17) is 16.3 Å². The van der Waals surface area contributed by atoms with E-state index in [9.17, 15) is 27.6 Å². The zero-order valence-corrected chi connectivity index (χ0v) is 19.6. The number of anilines is 2. The number of carbonyl (C=O) groups excluding carboxylic acids is 1. The summed E-state index contributed by atoms with van der Waals surface area (Å²) < 4.78 is 45.0. The largest absolute Gasteiger partial charge is 0.481 e. The minimum absolute atomic E-state index is 0.0101. The first-order valence-electron chi connectivity index (χ1n) is 10.6. The predicted molar refractivity (Wildman–Crippen MR) is 124 cm³/mol. The molecule has 0 aliphatic carbocycles. The molecule has 0 saturated heterocycles. The van der Waals surface area contributed by atoms with Crippen LogP contribution in [0.3, 0.4) is 0 Å². The van der Waals surface area contributed by atoms with Gasteiger partial charge in [-0.25, -0.2) is 14.2 Å². The van der Waals surface area contributed by atoms with Gasteiger partial charge in [-0.05, 0) is 48.9 Å². The monoisotopic (exact) mass is 510 g/mol. The summed E-state index contributed by atoms with van der Waals surface area (Å²) in [4.78, 5) is 41.5. The van der Waals surface area contributed by atoms with Crippen LogP contribution in [0, 0.1) is 0 Å². The van der Waals surface area contributed by atoms with Crippen molar-refractivity contribution in [1.29, 1.82) is 0 Å². The fourth-order valence-corrected chi connectivity index (χ4v) is 3.11. The number of Topliss-reactive ketones (excluding diaryl/α,β-unsaturated/α-hetero) is 1. The Morgan fingerprint density at radius 1 is 1.09 bits per heavy atom. The molecule has 0 bridgehead atoms. The van der Waals surface area contributed by atoms with Crippen LogP contribution in [0.2, 0.25) is 5.02 Å². The van der Waals surface area contributed by atoms with Crippen molar-refractivity contribution in [2.24, 2.45) is 0 Å². The predicted octanol–water partition coefficient (Wildman–Crippen LogP) is 4.16. The highest BCUT2D eigenvalue weighted by Gasteiger charge is 2.38. The number of ether oxygens (including phenoxy) is 1. The fourth-order valence-electron chi connectivity index (χ4n) is 2.98. The van der Waals surface area contributed by atoms with Crippen LogP contribution in [0.15, 0.2) is 58.1 Å².